The van der Waals surface area contributed by atoms with Crippen LogP contribution in [0.1, 0.15) is 24.2 Å². The third-order valence-electron chi connectivity index (χ3n) is 4.03. The predicted molar refractivity (Wildman–Crippen MR) is 107 cm³/mol. The van der Waals surface area contributed by atoms with E-state index < -0.39 is 15.5 Å². The minimum Gasteiger partial charge on any atom is -0.354 e. The predicted octanol–water partition coefficient (Wildman–Crippen LogP) is 1.99. The first-order valence-corrected chi connectivity index (χ1v) is 9.53. The van der Waals surface area contributed by atoms with Gasteiger partial charge in [0.25, 0.3) is 0 Å². The molecule has 1 aromatic rings. The van der Waals surface area contributed by atoms with E-state index in [1.165, 1.54) is 0 Å². The standard InChI is InChI=1S/C15H22F3N5O2S.HI/c1-11-4-3-5-13(21-11)10-20-14(19-2)22-12-6-8-23(9-7-12)26(24,25)15(16,17)18;/h3-5,12H,6-10H2,1-2H3,(H2,19,20,22);1H. The molecule has 1 aliphatic heterocycles. The number of pyridine rings is 1. The highest BCUT2D eigenvalue weighted by Gasteiger charge is 2.50. The highest BCUT2D eigenvalue weighted by Crippen LogP contribution is 2.28. The van der Waals surface area contributed by atoms with Crippen LogP contribution in [0.15, 0.2) is 23.2 Å². The summed E-state index contributed by atoms with van der Waals surface area (Å²) in [6.45, 7) is 1.97. The molecule has 0 spiro atoms. The number of sulfonamides is 1. The zero-order valence-electron chi connectivity index (χ0n) is 15.0. The van der Waals surface area contributed by atoms with Crippen LogP contribution in [0.2, 0.25) is 0 Å². The van der Waals surface area contributed by atoms with Crippen molar-refractivity contribution in [3.8, 4) is 0 Å². The number of hydrogen-bond acceptors (Lipinski definition) is 4. The molecule has 12 heteroatoms. The maximum atomic E-state index is 12.6. The summed E-state index contributed by atoms with van der Waals surface area (Å²) in [5.74, 6) is 0.491. The Morgan fingerprint density at radius 3 is 2.48 bits per heavy atom. The zero-order chi connectivity index (χ0) is 19.4. The molecule has 0 radical (unpaired) electrons. The molecule has 7 nitrogen and oxygen atoms in total. The number of rotatable bonds is 4. The second kappa shape index (κ2) is 9.87. The molecule has 0 saturated carbocycles. The lowest BCUT2D eigenvalue weighted by atomic mass is 10.1. The summed E-state index contributed by atoms with van der Waals surface area (Å²) < 4.78 is 61.1. The molecule has 0 bridgehead atoms. The van der Waals surface area contributed by atoms with Crippen LogP contribution in [-0.2, 0) is 16.6 Å². The fraction of sp³-hybridized carbons (Fsp3) is 0.600. The number of nitrogens with zero attached hydrogens (tertiary/aromatic N) is 3. The molecule has 27 heavy (non-hydrogen) atoms. The van der Waals surface area contributed by atoms with Gasteiger partial charge >= 0.3 is 15.5 Å². The Balaban J connectivity index is 0.00000364. The van der Waals surface area contributed by atoms with Crippen molar-refractivity contribution in [1.82, 2.24) is 19.9 Å². The van der Waals surface area contributed by atoms with Crippen molar-refractivity contribution >= 4 is 40.0 Å². The smallest absolute Gasteiger partial charge is 0.354 e. The maximum absolute atomic E-state index is 12.6. The van der Waals surface area contributed by atoms with Gasteiger partial charge in [-0.3, -0.25) is 9.98 Å². The molecule has 1 fully saturated rings. The van der Waals surface area contributed by atoms with Crippen molar-refractivity contribution in [2.45, 2.75) is 37.9 Å². The summed E-state index contributed by atoms with van der Waals surface area (Å²) in [6, 6.07) is 5.49. The van der Waals surface area contributed by atoms with E-state index in [0.717, 1.165) is 11.4 Å². The van der Waals surface area contributed by atoms with Gasteiger partial charge < -0.3 is 10.6 Å². The molecule has 1 saturated heterocycles. The van der Waals surface area contributed by atoms with Crippen LogP contribution in [0.4, 0.5) is 13.2 Å². The van der Waals surface area contributed by atoms with E-state index in [9.17, 15) is 21.6 Å². The first-order chi connectivity index (χ1) is 12.1. The summed E-state index contributed by atoms with van der Waals surface area (Å²) in [6.07, 6.45) is 0.525. The Morgan fingerprint density at radius 2 is 1.96 bits per heavy atom. The van der Waals surface area contributed by atoms with Crippen molar-refractivity contribution in [2.24, 2.45) is 4.99 Å². The van der Waals surface area contributed by atoms with Crippen LogP contribution < -0.4 is 10.6 Å². The molecule has 2 rings (SSSR count). The van der Waals surface area contributed by atoms with Crippen molar-refractivity contribution in [1.29, 1.82) is 0 Å². The van der Waals surface area contributed by atoms with Crippen LogP contribution in [-0.4, -0.2) is 55.4 Å². The quantitative estimate of drug-likeness (QED) is 0.360. The number of alkyl halides is 3. The summed E-state index contributed by atoms with van der Waals surface area (Å²) in [4.78, 5) is 8.44. The summed E-state index contributed by atoms with van der Waals surface area (Å²) in [7, 11) is -3.67. The second-order valence-electron chi connectivity index (χ2n) is 5.96. The molecule has 0 amide bonds. The summed E-state index contributed by atoms with van der Waals surface area (Å²) in [5, 5.41) is 6.20. The third kappa shape index (κ3) is 6.45. The molecular formula is C15H23F3IN5O2S. The average molecular weight is 521 g/mol. The zero-order valence-corrected chi connectivity index (χ0v) is 18.1. The molecule has 0 aromatic carbocycles. The highest BCUT2D eigenvalue weighted by atomic mass is 127. The SMILES string of the molecule is CN=C(NCc1cccc(C)n1)NC1CCN(S(=O)(=O)C(F)(F)F)CC1.I. The van der Waals surface area contributed by atoms with E-state index in [-0.39, 0.29) is 55.9 Å². The third-order valence-corrected chi connectivity index (χ3v) is 5.66. The topological polar surface area (TPSA) is 86.7 Å². The molecule has 0 unspecified atom stereocenters. The fourth-order valence-corrected chi connectivity index (χ4v) is 3.63. The Morgan fingerprint density at radius 1 is 1.33 bits per heavy atom. The molecule has 2 heterocycles. The van der Waals surface area contributed by atoms with Crippen LogP contribution in [0.25, 0.3) is 0 Å². The molecular weight excluding hydrogens is 498 g/mol. The first kappa shape index (κ1) is 23.9. The first-order valence-electron chi connectivity index (χ1n) is 8.09. The van der Waals surface area contributed by atoms with E-state index in [0.29, 0.717) is 16.8 Å². The molecule has 154 valence electrons. The number of guanidine groups is 1. The lowest BCUT2D eigenvalue weighted by Crippen LogP contribution is -2.51. The van der Waals surface area contributed by atoms with Crippen molar-refractivity contribution in [3.63, 3.8) is 0 Å². The number of aromatic nitrogens is 1. The van der Waals surface area contributed by atoms with Crippen LogP contribution in [0.5, 0.6) is 0 Å². The van der Waals surface area contributed by atoms with E-state index in [1.807, 2.05) is 25.1 Å². The number of piperidine rings is 1. The van der Waals surface area contributed by atoms with Crippen molar-refractivity contribution < 1.29 is 21.6 Å². The number of nitrogens with one attached hydrogen (secondary N) is 2. The van der Waals surface area contributed by atoms with Gasteiger partial charge in [-0.15, -0.1) is 24.0 Å². The molecule has 0 aliphatic carbocycles. The Kier molecular flexibility index (Phi) is 8.73. The molecule has 0 atom stereocenters. The second-order valence-corrected chi connectivity index (χ2v) is 7.89. The van der Waals surface area contributed by atoms with E-state index >= 15 is 0 Å². The van der Waals surface area contributed by atoms with Gasteiger partial charge in [0.15, 0.2) is 5.96 Å². The molecule has 1 aliphatic rings. The van der Waals surface area contributed by atoms with Gasteiger partial charge in [-0.1, -0.05) is 6.07 Å². The number of aryl methyl sites for hydroxylation is 1. The lowest BCUT2D eigenvalue weighted by Gasteiger charge is -2.32. The van der Waals surface area contributed by atoms with Gasteiger partial charge in [0.05, 0.1) is 12.2 Å². The highest BCUT2D eigenvalue weighted by molar-refractivity contribution is 14.0. The average Bonchev–Trinajstić information content (AvgIpc) is 2.58. The summed E-state index contributed by atoms with van der Waals surface area (Å²) >= 11 is 0. The normalized spacial score (nSPS) is 17.3. The number of hydrogen-bond donors (Lipinski definition) is 2. The number of halogens is 4. The Labute approximate surface area is 173 Å². The Bertz CT molecular complexity index is 750. The maximum Gasteiger partial charge on any atom is 0.511 e. The van der Waals surface area contributed by atoms with Gasteiger partial charge in [0.2, 0.25) is 0 Å². The Hall–Kier alpha value is -1.15. The van der Waals surface area contributed by atoms with Gasteiger partial charge in [-0.2, -0.15) is 17.5 Å². The summed E-state index contributed by atoms with van der Waals surface area (Å²) in [5.41, 5.74) is -3.53. The van der Waals surface area contributed by atoms with E-state index in [4.69, 9.17) is 0 Å². The van der Waals surface area contributed by atoms with E-state index in [1.54, 1.807) is 7.05 Å². The molecule has 1 aromatic heterocycles. The molecule has 2 N–H and O–H groups in total. The van der Waals surface area contributed by atoms with Crippen molar-refractivity contribution in [2.75, 3.05) is 20.1 Å². The number of aliphatic imine (C=N–C) groups is 1. The lowest BCUT2D eigenvalue weighted by molar-refractivity contribution is -0.0494. The van der Waals surface area contributed by atoms with Crippen molar-refractivity contribution in [3.05, 3.63) is 29.6 Å². The minimum atomic E-state index is -5.26. The minimum absolute atomic E-state index is 0. The van der Waals surface area contributed by atoms with Gasteiger partial charge in [0.1, 0.15) is 0 Å². The van der Waals surface area contributed by atoms with Crippen LogP contribution in [0.3, 0.4) is 0 Å². The monoisotopic (exact) mass is 521 g/mol. The van der Waals surface area contributed by atoms with Crippen LogP contribution in [0, 0.1) is 6.92 Å². The van der Waals surface area contributed by atoms with Gasteiger partial charge in [0, 0.05) is 31.9 Å². The fourth-order valence-electron chi connectivity index (χ4n) is 2.65. The van der Waals surface area contributed by atoms with Gasteiger partial charge in [-0.25, -0.2) is 8.42 Å². The van der Waals surface area contributed by atoms with Gasteiger partial charge in [-0.05, 0) is 31.9 Å². The van der Waals surface area contributed by atoms with E-state index in [2.05, 4.69) is 20.6 Å². The largest absolute Gasteiger partial charge is 0.511 e. The van der Waals surface area contributed by atoms with Crippen LogP contribution >= 0.6 is 24.0 Å².